The summed E-state index contributed by atoms with van der Waals surface area (Å²) in [4.78, 5) is 29.3. The molecule has 0 aliphatic carbocycles. The second-order valence-electron chi connectivity index (χ2n) is 7.85. The number of carbonyl (C=O) groups is 2. The van der Waals surface area contributed by atoms with Crippen molar-refractivity contribution in [2.24, 2.45) is 0 Å². The van der Waals surface area contributed by atoms with Crippen LogP contribution in [0.15, 0.2) is 42.5 Å². The van der Waals surface area contributed by atoms with Crippen molar-refractivity contribution in [2.45, 2.75) is 32.4 Å². The summed E-state index contributed by atoms with van der Waals surface area (Å²) in [5.41, 5.74) is 4.20. The van der Waals surface area contributed by atoms with Crippen LogP contribution in [0.25, 0.3) is 0 Å². The first-order valence-corrected chi connectivity index (χ1v) is 9.68. The second-order valence-corrected chi connectivity index (χ2v) is 7.85. The summed E-state index contributed by atoms with van der Waals surface area (Å²) in [5.74, 6) is -0.0329. The third kappa shape index (κ3) is 3.19. The molecular weight excluding hydrogens is 352 g/mol. The minimum atomic E-state index is -0.445. The molecule has 0 aromatic heterocycles. The number of nitrogens with zero attached hydrogens (tertiary/aromatic N) is 2. The highest BCUT2D eigenvalue weighted by atomic mass is 16.2. The molecule has 6 heteroatoms. The number of urea groups is 1. The van der Waals surface area contributed by atoms with Crippen LogP contribution in [-0.2, 0) is 0 Å². The number of amides is 3. The smallest absolute Gasteiger partial charge is 0.321 e. The first kappa shape index (κ1) is 18.3. The van der Waals surface area contributed by atoms with E-state index in [0.29, 0.717) is 31.5 Å². The molecule has 0 atom stereocenters. The Hall–Kier alpha value is -3.02. The topological polar surface area (TPSA) is 64.7 Å². The van der Waals surface area contributed by atoms with E-state index < -0.39 is 5.66 Å². The predicted octanol–water partition coefficient (Wildman–Crippen LogP) is 3.51. The molecule has 6 nitrogen and oxygen atoms in total. The summed E-state index contributed by atoms with van der Waals surface area (Å²) in [5, 5.41) is 6.18. The molecule has 146 valence electrons. The molecule has 0 saturated carbocycles. The largest absolute Gasteiger partial charge is 0.351 e. The quantitative estimate of drug-likeness (QED) is 0.798. The molecule has 2 aliphatic rings. The van der Waals surface area contributed by atoms with Crippen molar-refractivity contribution in [3.63, 3.8) is 0 Å². The number of anilines is 2. The molecule has 4 rings (SSSR count). The summed E-state index contributed by atoms with van der Waals surface area (Å²) in [6.07, 6.45) is 1.37. The molecule has 1 saturated heterocycles. The van der Waals surface area contributed by atoms with Crippen LogP contribution in [0.4, 0.5) is 16.2 Å². The molecule has 0 bridgehead atoms. The Kier molecular flexibility index (Phi) is 4.49. The van der Waals surface area contributed by atoms with Crippen molar-refractivity contribution in [2.75, 3.05) is 30.4 Å². The van der Waals surface area contributed by atoms with Crippen LogP contribution in [0.3, 0.4) is 0 Å². The van der Waals surface area contributed by atoms with Crippen molar-refractivity contribution < 1.29 is 9.59 Å². The number of nitrogens with one attached hydrogen (secondary N) is 2. The number of aryl methyl sites for hydroxylation is 2. The normalized spacial score (nSPS) is 17.9. The van der Waals surface area contributed by atoms with Gasteiger partial charge in [0.05, 0.1) is 11.3 Å². The van der Waals surface area contributed by atoms with Gasteiger partial charge in [0.15, 0.2) is 0 Å². The fourth-order valence-electron chi connectivity index (χ4n) is 4.18. The standard InChI is InChI=1S/C22H26N4O2/c1-15-5-4-6-17(13-15)23-21(28)26-11-9-22(10-12-26)24-20(27)18-14-16(2)7-8-19(18)25(22)3/h4-8,13-14H,9-12H2,1-3H3,(H,23,28)(H,24,27). The third-order valence-electron chi connectivity index (χ3n) is 5.89. The number of carbonyl (C=O) groups excluding carboxylic acids is 2. The summed E-state index contributed by atoms with van der Waals surface area (Å²) in [6.45, 7) is 5.16. The third-order valence-corrected chi connectivity index (χ3v) is 5.89. The van der Waals surface area contributed by atoms with Gasteiger partial charge in [-0.25, -0.2) is 4.79 Å². The fourth-order valence-corrected chi connectivity index (χ4v) is 4.18. The molecule has 28 heavy (non-hydrogen) atoms. The fraction of sp³-hybridized carbons (Fsp3) is 0.364. The number of rotatable bonds is 1. The molecule has 2 aromatic carbocycles. The van der Waals surface area contributed by atoms with Gasteiger partial charge in [-0.2, -0.15) is 0 Å². The molecule has 0 unspecified atom stereocenters. The van der Waals surface area contributed by atoms with Crippen molar-refractivity contribution >= 4 is 23.3 Å². The molecule has 2 N–H and O–H groups in total. The minimum Gasteiger partial charge on any atom is -0.351 e. The predicted molar refractivity (Wildman–Crippen MR) is 111 cm³/mol. The zero-order valence-electron chi connectivity index (χ0n) is 16.6. The number of benzene rings is 2. The van der Waals surface area contributed by atoms with Crippen LogP contribution >= 0.6 is 0 Å². The minimum absolute atomic E-state index is 0.0329. The Morgan fingerprint density at radius 1 is 1.07 bits per heavy atom. The highest BCUT2D eigenvalue weighted by molar-refractivity contribution is 6.02. The average molecular weight is 378 g/mol. The van der Waals surface area contributed by atoms with Crippen LogP contribution in [0.5, 0.6) is 0 Å². The lowest BCUT2D eigenvalue weighted by atomic mass is 9.90. The van der Waals surface area contributed by atoms with Gasteiger partial charge < -0.3 is 20.4 Å². The first-order chi connectivity index (χ1) is 13.4. The van der Waals surface area contributed by atoms with Crippen LogP contribution in [0.2, 0.25) is 0 Å². The van der Waals surface area contributed by atoms with Crippen LogP contribution in [0.1, 0.15) is 34.3 Å². The molecule has 2 aromatic rings. The Bertz CT molecular complexity index is 932. The molecule has 0 radical (unpaired) electrons. The van der Waals surface area contributed by atoms with Gasteiger partial charge in [-0.3, -0.25) is 4.79 Å². The number of piperidine rings is 1. The van der Waals surface area contributed by atoms with Crippen LogP contribution in [0, 0.1) is 13.8 Å². The number of hydrogen-bond acceptors (Lipinski definition) is 3. The van der Waals surface area contributed by atoms with E-state index in [9.17, 15) is 9.59 Å². The van der Waals surface area contributed by atoms with Gasteiger partial charge in [0.2, 0.25) is 0 Å². The zero-order valence-corrected chi connectivity index (χ0v) is 16.6. The number of likely N-dealkylation sites (tertiary alicyclic amines) is 1. The Labute approximate surface area is 165 Å². The van der Waals surface area contributed by atoms with Gasteiger partial charge in [0, 0.05) is 38.7 Å². The molecule has 3 amide bonds. The van der Waals surface area contributed by atoms with Crippen molar-refractivity contribution in [1.82, 2.24) is 10.2 Å². The van der Waals surface area contributed by atoms with E-state index in [2.05, 4.69) is 15.5 Å². The molecule has 1 fully saturated rings. The van der Waals surface area contributed by atoms with Crippen molar-refractivity contribution in [3.05, 3.63) is 59.2 Å². The Morgan fingerprint density at radius 2 is 1.79 bits per heavy atom. The van der Waals surface area contributed by atoms with E-state index in [1.165, 1.54) is 0 Å². The van der Waals surface area contributed by atoms with E-state index in [0.717, 1.165) is 22.5 Å². The van der Waals surface area contributed by atoms with Crippen molar-refractivity contribution in [1.29, 1.82) is 0 Å². The highest BCUT2D eigenvalue weighted by Gasteiger charge is 2.44. The van der Waals surface area contributed by atoms with E-state index >= 15 is 0 Å². The summed E-state index contributed by atoms with van der Waals surface area (Å²) in [6, 6.07) is 13.7. The van der Waals surface area contributed by atoms with Crippen LogP contribution in [-0.4, -0.2) is 42.6 Å². The molecule has 2 heterocycles. The van der Waals surface area contributed by atoms with Gasteiger partial charge in [-0.1, -0.05) is 23.8 Å². The van der Waals surface area contributed by atoms with E-state index in [1.807, 2.05) is 68.3 Å². The summed E-state index contributed by atoms with van der Waals surface area (Å²) < 4.78 is 0. The van der Waals surface area contributed by atoms with Gasteiger partial charge in [0.25, 0.3) is 5.91 Å². The maximum Gasteiger partial charge on any atom is 0.321 e. The van der Waals surface area contributed by atoms with E-state index in [1.54, 1.807) is 0 Å². The Balaban J connectivity index is 1.47. The highest BCUT2D eigenvalue weighted by Crippen LogP contribution is 2.36. The maximum absolute atomic E-state index is 12.7. The molecule has 1 spiro atoms. The Morgan fingerprint density at radius 3 is 2.50 bits per heavy atom. The first-order valence-electron chi connectivity index (χ1n) is 9.68. The lowest BCUT2D eigenvalue weighted by molar-refractivity contribution is 0.0815. The SMILES string of the molecule is Cc1cccc(NC(=O)N2CCC3(CC2)NC(=O)c2cc(C)ccc2N3C)c1. The average Bonchev–Trinajstić information content (AvgIpc) is 2.67. The van der Waals surface area contributed by atoms with Gasteiger partial charge >= 0.3 is 6.03 Å². The van der Waals surface area contributed by atoms with Gasteiger partial charge in [-0.05, 0) is 43.7 Å². The number of hydrogen-bond donors (Lipinski definition) is 2. The van der Waals surface area contributed by atoms with Crippen molar-refractivity contribution in [3.8, 4) is 0 Å². The zero-order chi connectivity index (χ0) is 19.9. The maximum atomic E-state index is 12.7. The monoisotopic (exact) mass is 378 g/mol. The van der Waals surface area contributed by atoms with Gasteiger partial charge in [0.1, 0.15) is 5.66 Å². The molecular formula is C22H26N4O2. The lowest BCUT2D eigenvalue weighted by Crippen LogP contribution is -2.67. The summed E-state index contributed by atoms with van der Waals surface area (Å²) in [7, 11) is 2.02. The summed E-state index contributed by atoms with van der Waals surface area (Å²) >= 11 is 0. The lowest BCUT2D eigenvalue weighted by Gasteiger charge is -2.51. The van der Waals surface area contributed by atoms with E-state index in [4.69, 9.17) is 0 Å². The second kappa shape index (κ2) is 6.86. The van der Waals surface area contributed by atoms with E-state index in [-0.39, 0.29) is 11.9 Å². The number of fused-ring (bicyclic) bond motifs is 1. The van der Waals surface area contributed by atoms with Crippen LogP contribution < -0.4 is 15.5 Å². The molecule has 2 aliphatic heterocycles. The van der Waals surface area contributed by atoms with Gasteiger partial charge in [-0.15, -0.1) is 0 Å².